The summed E-state index contributed by atoms with van der Waals surface area (Å²) in [6.07, 6.45) is 6.28. The number of hydrogen-bond acceptors (Lipinski definition) is 0. The van der Waals surface area contributed by atoms with Gasteiger partial charge in [0, 0.05) is 0 Å². The quantitative estimate of drug-likeness (QED) is 0.507. The Bertz CT molecular complexity index is 101. The van der Waals surface area contributed by atoms with E-state index in [1.807, 2.05) is 13.0 Å². The van der Waals surface area contributed by atoms with E-state index in [1.54, 1.807) is 0 Å². The predicted octanol–water partition coefficient (Wildman–Crippen LogP) is 3.02. The van der Waals surface area contributed by atoms with Gasteiger partial charge in [0.15, 0.2) is 0 Å². The molecular formula is C9H16. The smallest absolute Gasteiger partial charge is 0.0202 e. The summed E-state index contributed by atoms with van der Waals surface area (Å²) in [5, 5.41) is 0. The summed E-state index contributed by atoms with van der Waals surface area (Å²) in [6.45, 7) is 10.2. The maximum Gasteiger partial charge on any atom is -0.0202 e. The van der Waals surface area contributed by atoms with Crippen LogP contribution in [0.4, 0.5) is 0 Å². The van der Waals surface area contributed by atoms with Crippen LogP contribution in [-0.2, 0) is 0 Å². The molecule has 0 amide bonds. The lowest BCUT2D eigenvalue weighted by molar-refractivity contribution is 0.559. The Balaban J connectivity index is 3.71. The maximum atomic E-state index is 3.73. The van der Waals surface area contributed by atoms with Crippen molar-refractivity contribution in [3.63, 3.8) is 0 Å². The van der Waals surface area contributed by atoms with Crippen molar-refractivity contribution in [3.8, 4) is 0 Å². The lowest BCUT2D eigenvalue weighted by Gasteiger charge is -2.09. The van der Waals surface area contributed by atoms with Crippen molar-refractivity contribution in [1.29, 1.82) is 0 Å². The van der Waals surface area contributed by atoms with Crippen LogP contribution in [0, 0.1) is 11.8 Å². The molecule has 52 valence electrons. The normalized spacial score (nSPS) is 17.7. The van der Waals surface area contributed by atoms with Crippen LogP contribution in [-0.4, -0.2) is 0 Å². The van der Waals surface area contributed by atoms with Crippen LogP contribution in [0.15, 0.2) is 24.8 Å². The average molecular weight is 124 g/mol. The van der Waals surface area contributed by atoms with Crippen LogP contribution in [0.1, 0.15) is 20.8 Å². The monoisotopic (exact) mass is 124 g/mol. The van der Waals surface area contributed by atoms with Gasteiger partial charge >= 0.3 is 0 Å². The van der Waals surface area contributed by atoms with E-state index < -0.39 is 0 Å². The van der Waals surface area contributed by atoms with Crippen molar-refractivity contribution in [2.45, 2.75) is 20.8 Å². The summed E-state index contributed by atoms with van der Waals surface area (Å²) in [4.78, 5) is 0. The molecule has 0 N–H and O–H groups in total. The minimum absolute atomic E-state index is 0.598. The fraction of sp³-hybridized carbons (Fsp3) is 0.556. The SMILES string of the molecule is C=CC(C)C(C)/C=C\C. The van der Waals surface area contributed by atoms with E-state index in [2.05, 4.69) is 32.6 Å². The summed E-state index contributed by atoms with van der Waals surface area (Å²) in [5.41, 5.74) is 0. The molecule has 0 saturated heterocycles. The third kappa shape index (κ3) is 3.12. The Kier molecular flexibility index (Phi) is 4.12. The second kappa shape index (κ2) is 4.37. The van der Waals surface area contributed by atoms with E-state index in [1.165, 1.54) is 0 Å². The molecular weight excluding hydrogens is 108 g/mol. The molecule has 0 heterocycles. The van der Waals surface area contributed by atoms with Crippen molar-refractivity contribution in [2.24, 2.45) is 11.8 Å². The Labute approximate surface area is 58.3 Å². The van der Waals surface area contributed by atoms with Crippen molar-refractivity contribution < 1.29 is 0 Å². The van der Waals surface area contributed by atoms with E-state index in [0.29, 0.717) is 11.8 Å². The highest BCUT2D eigenvalue weighted by Crippen LogP contribution is 2.12. The van der Waals surface area contributed by atoms with Gasteiger partial charge in [0.2, 0.25) is 0 Å². The number of rotatable bonds is 3. The predicted molar refractivity (Wildman–Crippen MR) is 43.3 cm³/mol. The van der Waals surface area contributed by atoms with Gasteiger partial charge in [0.1, 0.15) is 0 Å². The molecule has 0 aliphatic carbocycles. The first-order valence-electron chi connectivity index (χ1n) is 3.47. The van der Waals surface area contributed by atoms with Crippen LogP contribution in [0.2, 0.25) is 0 Å². The summed E-state index contributed by atoms with van der Waals surface area (Å²) in [7, 11) is 0. The van der Waals surface area contributed by atoms with Crippen LogP contribution < -0.4 is 0 Å². The highest BCUT2D eigenvalue weighted by atomic mass is 14.1. The topological polar surface area (TPSA) is 0 Å². The number of allylic oxidation sites excluding steroid dienone is 3. The van der Waals surface area contributed by atoms with Crippen molar-refractivity contribution in [3.05, 3.63) is 24.8 Å². The van der Waals surface area contributed by atoms with Gasteiger partial charge in [-0.1, -0.05) is 32.1 Å². The minimum Gasteiger partial charge on any atom is -0.103 e. The largest absolute Gasteiger partial charge is 0.103 e. The molecule has 0 saturated carbocycles. The molecule has 0 aliphatic rings. The second-order valence-corrected chi connectivity index (χ2v) is 2.48. The van der Waals surface area contributed by atoms with Gasteiger partial charge in [0.05, 0.1) is 0 Å². The van der Waals surface area contributed by atoms with E-state index >= 15 is 0 Å². The van der Waals surface area contributed by atoms with E-state index in [-0.39, 0.29) is 0 Å². The van der Waals surface area contributed by atoms with Crippen molar-refractivity contribution in [2.75, 3.05) is 0 Å². The first-order chi connectivity index (χ1) is 4.22. The van der Waals surface area contributed by atoms with Gasteiger partial charge in [-0.25, -0.2) is 0 Å². The molecule has 0 radical (unpaired) electrons. The molecule has 0 bridgehead atoms. The fourth-order valence-corrected chi connectivity index (χ4v) is 0.693. The molecule has 2 unspecified atom stereocenters. The lowest BCUT2D eigenvalue weighted by Crippen LogP contribution is -2.00. The maximum absolute atomic E-state index is 3.73. The van der Waals surface area contributed by atoms with Crippen LogP contribution in [0.5, 0.6) is 0 Å². The Morgan fingerprint density at radius 3 is 2.11 bits per heavy atom. The Morgan fingerprint density at radius 1 is 1.22 bits per heavy atom. The molecule has 0 rings (SSSR count). The van der Waals surface area contributed by atoms with E-state index in [4.69, 9.17) is 0 Å². The van der Waals surface area contributed by atoms with Gasteiger partial charge < -0.3 is 0 Å². The van der Waals surface area contributed by atoms with Crippen LogP contribution >= 0.6 is 0 Å². The van der Waals surface area contributed by atoms with Crippen LogP contribution in [0.25, 0.3) is 0 Å². The summed E-state index contributed by atoms with van der Waals surface area (Å²) < 4.78 is 0. The van der Waals surface area contributed by atoms with E-state index in [0.717, 1.165) is 0 Å². The van der Waals surface area contributed by atoms with Crippen molar-refractivity contribution >= 4 is 0 Å². The third-order valence-corrected chi connectivity index (χ3v) is 1.70. The molecule has 0 spiro atoms. The van der Waals surface area contributed by atoms with Gasteiger partial charge in [-0.15, -0.1) is 6.58 Å². The molecule has 0 aliphatic heterocycles. The molecule has 0 fully saturated rings. The zero-order valence-electron chi connectivity index (χ0n) is 6.59. The van der Waals surface area contributed by atoms with Crippen molar-refractivity contribution in [1.82, 2.24) is 0 Å². The molecule has 0 aromatic carbocycles. The van der Waals surface area contributed by atoms with Gasteiger partial charge in [0.25, 0.3) is 0 Å². The summed E-state index contributed by atoms with van der Waals surface area (Å²) in [5.74, 6) is 1.23. The average Bonchev–Trinajstić information content (AvgIpc) is 1.87. The summed E-state index contributed by atoms with van der Waals surface area (Å²) >= 11 is 0. The molecule has 0 heteroatoms. The fourth-order valence-electron chi connectivity index (χ4n) is 0.693. The third-order valence-electron chi connectivity index (χ3n) is 1.70. The molecule has 9 heavy (non-hydrogen) atoms. The van der Waals surface area contributed by atoms with E-state index in [9.17, 15) is 0 Å². The zero-order valence-corrected chi connectivity index (χ0v) is 6.59. The zero-order chi connectivity index (χ0) is 7.28. The molecule has 0 aromatic rings. The molecule has 2 atom stereocenters. The molecule has 0 nitrogen and oxygen atoms in total. The highest BCUT2D eigenvalue weighted by molar-refractivity contribution is 4.91. The first-order valence-corrected chi connectivity index (χ1v) is 3.47. The Hall–Kier alpha value is -0.520. The van der Waals surface area contributed by atoms with Gasteiger partial charge in [-0.05, 0) is 18.8 Å². The highest BCUT2D eigenvalue weighted by Gasteiger charge is 2.01. The second-order valence-electron chi connectivity index (χ2n) is 2.48. The van der Waals surface area contributed by atoms with Gasteiger partial charge in [-0.3, -0.25) is 0 Å². The van der Waals surface area contributed by atoms with Gasteiger partial charge in [-0.2, -0.15) is 0 Å². The summed E-state index contributed by atoms with van der Waals surface area (Å²) in [6, 6.07) is 0. The Morgan fingerprint density at radius 2 is 1.78 bits per heavy atom. The molecule has 0 aromatic heterocycles. The lowest BCUT2D eigenvalue weighted by atomic mass is 9.96. The first kappa shape index (κ1) is 8.48. The van der Waals surface area contributed by atoms with Crippen LogP contribution in [0.3, 0.4) is 0 Å². The minimum atomic E-state index is 0.598. The standard InChI is InChI=1S/C9H16/c1-5-7-9(4)8(3)6-2/h5-9H,2H2,1,3-4H3/b7-5-. The number of hydrogen-bond donors (Lipinski definition) is 0.